The second kappa shape index (κ2) is 6.29. The summed E-state index contributed by atoms with van der Waals surface area (Å²) in [5, 5.41) is 0. The van der Waals surface area contributed by atoms with Gasteiger partial charge in [0.2, 0.25) is 5.78 Å². The molecule has 2 rings (SSSR count). The second-order valence-corrected chi connectivity index (χ2v) is 7.11. The predicted molar refractivity (Wildman–Crippen MR) is 82.3 cm³/mol. The molecule has 0 spiro atoms. The highest BCUT2D eigenvalue weighted by atomic mass is 16.6. The molecule has 2 aliphatic rings. The molecule has 0 unspecified atom stereocenters. The molecule has 22 heavy (non-hydrogen) atoms. The van der Waals surface area contributed by atoms with Crippen LogP contribution >= 0.6 is 0 Å². The first-order valence-corrected chi connectivity index (χ1v) is 7.92. The summed E-state index contributed by atoms with van der Waals surface area (Å²) in [6.45, 7) is 6.73. The van der Waals surface area contributed by atoms with E-state index in [-0.39, 0.29) is 18.0 Å². The van der Waals surface area contributed by atoms with Gasteiger partial charge in [0.15, 0.2) is 0 Å². The van der Waals surface area contributed by atoms with Gasteiger partial charge in [-0.3, -0.25) is 4.79 Å². The number of rotatable bonds is 3. The summed E-state index contributed by atoms with van der Waals surface area (Å²) < 4.78 is 11.4. The van der Waals surface area contributed by atoms with Crippen molar-refractivity contribution in [3.63, 3.8) is 0 Å². The van der Waals surface area contributed by atoms with Crippen LogP contribution in [0.3, 0.4) is 0 Å². The minimum atomic E-state index is -0.756. The molecule has 2 fully saturated rings. The molecule has 0 aromatic carbocycles. The first-order chi connectivity index (χ1) is 10.3. The van der Waals surface area contributed by atoms with E-state index >= 15 is 0 Å². The van der Waals surface area contributed by atoms with Crippen molar-refractivity contribution < 1.29 is 19.1 Å². The van der Waals surface area contributed by atoms with Crippen LogP contribution in [0.4, 0.5) is 4.79 Å². The number of hydrogen-bond acceptors (Lipinski definition) is 4. The Kier molecular flexibility index (Phi) is 4.81. The number of piperidine rings is 1. The molecule has 0 atom stereocenters. The number of carbonyl (C=O) groups excluding carboxylic acids is 2. The topological polar surface area (TPSA) is 55.8 Å². The fourth-order valence-corrected chi connectivity index (χ4v) is 2.83. The molecule has 1 heterocycles. The van der Waals surface area contributed by atoms with E-state index in [0.29, 0.717) is 38.8 Å². The number of nitrogens with zero attached hydrogens (tertiary/aromatic N) is 1. The Labute approximate surface area is 132 Å². The molecule has 5 heteroatoms. The number of ketones is 1. The molecular formula is C17H25NO4. The molecule has 0 aromatic rings. The summed E-state index contributed by atoms with van der Waals surface area (Å²) in [7, 11) is 0. The zero-order chi connectivity index (χ0) is 16.4. The fraction of sp³-hybridized carbons (Fsp3) is 0.765. The summed E-state index contributed by atoms with van der Waals surface area (Å²) in [6, 6.07) is 0. The van der Waals surface area contributed by atoms with E-state index in [2.05, 4.69) is 5.92 Å². The van der Waals surface area contributed by atoms with Crippen LogP contribution in [0.1, 0.15) is 52.9 Å². The first-order valence-electron chi connectivity index (χ1n) is 7.92. The normalized spacial score (nSPS) is 21.6. The van der Waals surface area contributed by atoms with E-state index in [9.17, 15) is 9.59 Å². The summed E-state index contributed by atoms with van der Waals surface area (Å²) in [4.78, 5) is 25.6. The highest BCUT2D eigenvalue weighted by Crippen LogP contribution is 2.38. The Morgan fingerprint density at radius 3 is 2.23 bits per heavy atom. The van der Waals surface area contributed by atoms with Gasteiger partial charge in [-0.1, -0.05) is 0 Å². The lowest BCUT2D eigenvalue weighted by Gasteiger charge is -2.43. The van der Waals surface area contributed by atoms with E-state index in [4.69, 9.17) is 15.9 Å². The molecule has 1 amide bonds. The van der Waals surface area contributed by atoms with Crippen LogP contribution in [0, 0.1) is 12.3 Å². The summed E-state index contributed by atoms with van der Waals surface area (Å²) >= 11 is 0. The van der Waals surface area contributed by atoms with Crippen molar-refractivity contribution in [3.05, 3.63) is 0 Å². The quantitative estimate of drug-likeness (QED) is 0.594. The van der Waals surface area contributed by atoms with Crippen molar-refractivity contribution in [3.8, 4) is 12.3 Å². The van der Waals surface area contributed by atoms with Crippen LogP contribution in [0.25, 0.3) is 0 Å². The number of hydrogen-bond donors (Lipinski definition) is 0. The lowest BCUT2D eigenvalue weighted by Crippen LogP contribution is -2.52. The third-order valence-corrected chi connectivity index (χ3v) is 4.19. The number of terminal acetylenes is 1. The minimum Gasteiger partial charge on any atom is -0.444 e. The molecular weight excluding hydrogens is 282 g/mol. The van der Waals surface area contributed by atoms with Crippen molar-refractivity contribution >= 4 is 11.9 Å². The zero-order valence-electron chi connectivity index (χ0n) is 13.7. The largest absolute Gasteiger partial charge is 0.444 e. The van der Waals surface area contributed by atoms with Crippen molar-refractivity contribution in [2.45, 2.75) is 70.2 Å². The molecule has 1 saturated heterocycles. The SMILES string of the molecule is C#CC(=O)C1(OC2CCN(C(=O)OC(C)(C)C)CC2)CCC1. The van der Waals surface area contributed by atoms with Gasteiger partial charge in [-0.15, -0.1) is 6.42 Å². The number of ether oxygens (including phenoxy) is 2. The van der Waals surface area contributed by atoms with E-state index in [0.717, 1.165) is 6.42 Å². The number of carbonyl (C=O) groups is 2. The maximum atomic E-state index is 12.0. The Bertz CT molecular complexity index is 474. The van der Waals surface area contributed by atoms with Gasteiger partial charge in [-0.05, 0) is 58.8 Å². The van der Waals surface area contributed by atoms with Gasteiger partial charge >= 0.3 is 6.09 Å². The van der Waals surface area contributed by atoms with Crippen LogP contribution in [-0.2, 0) is 14.3 Å². The molecule has 1 aliphatic heterocycles. The van der Waals surface area contributed by atoms with Crippen LogP contribution in [-0.4, -0.2) is 47.2 Å². The van der Waals surface area contributed by atoms with Crippen molar-refractivity contribution in [2.24, 2.45) is 0 Å². The molecule has 1 saturated carbocycles. The second-order valence-electron chi connectivity index (χ2n) is 7.11. The van der Waals surface area contributed by atoms with Crippen LogP contribution < -0.4 is 0 Å². The maximum absolute atomic E-state index is 12.0. The van der Waals surface area contributed by atoms with Gasteiger partial charge in [-0.25, -0.2) is 4.79 Å². The third kappa shape index (κ3) is 3.80. The monoisotopic (exact) mass is 307 g/mol. The van der Waals surface area contributed by atoms with Gasteiger partial charge in [-0.2, -0.15) is 0 Å². The summed E-state index contributed by atoms with van der Waals surface area (Å²) in [6.07, 6.45) is 8.75. The molecule has 0 aromatic heterocycles. The van der Waals surface area contributed by atoms with Gasteiger partial charge in [0.25, 0.3) is 0 Å². The van der Waals surface area contributed by atoms with Crippen LogP contribution in [0.2, 0.25) is 0 Å². The van der Waals surface area contributed by atoms with Crippen molar-refractivity contribution in [2.75, 3.05) is 13.1 Å². The summed E-state index contributed by atoms with van der Waals surface area (Å²) in [5.41, 5.74) is -1.24. The van der Waals surface area contributed by atoms with E-state index in [1.165, 1.54) is 0 Å². The Hall–Kier alpha value is -1.54. The molecule has 1 aliphatic carbocycles. The van der Waals surface area contributed by atoms with E-state index < -0.39 is 11.2 Å². The van der Waals surface area contributed by atoms with Gasteiger partial charge in [0.05, 0.1) is 6.10 Å². The Balaban J connectivity index is 1.84. The average molecular weight is 307 g/mol. The highest BCUT2D eigenvalue weighted by Gasteiger charge is 2.46. The minimum absolute atomic E-state index is 0.0173. The highest BCUT2D eigenvalue weighted by molar-refractivity contribution is 6.02. The van der Waals surface area contributed by atoms with E-state index in [1.807, 2.05) is 20.8 Å². The molecule has 0 bridgehead atoms. The van der Waals surface area contributed by atoms with Gasteiger partial charge in [0, 0.05) is 13.1 Å². The smallest absolute Gasteiger partial charge is 0.410 e. The van der Waals surface area contributed by atoms with Crippen molar-refractivity contribution in [1.29, 1.82) is 0 Å². The predicted octanol–water partition coefficient (Wildman–Crippen LogP) is 2.53. The number of likely N-dealkylation sites (tertiary alicyclic amines) is 1. The average Bonchev–Trinajstić information content (AvgIpc) is 2.40. The standard InChI is InChI=1S/C17H25NO4/c1-5-14(19)17(9-6-10-17)21-13-7-11-18(12-8-13)15(20)22-16(2,3)4/h1,13H,6-12H2,2-4H3. The molecule has 5 nitrogen and oxygen atoms in total. The van der Waals surface area contributed by atoms with Crippen LogP contribution in [0.15, 0.2) is 0 Å². The Morgan fingerprint density at radius 2 is 1.82 bits per heavy atom. The Morgan fingerprint density at radius 1 is 1.23 bits per heavy atom. The third-order valence-electron chi connectivity index (χ3n) is 4.19. The van der Waals surface area contributed by atoms with Gasteiger partial charge < -0.3 is 14.4 Å². The fourth-order valence-electron chi connectivity index (χ4n) is 2.83. The lowest BCUT2D eigenvalue weighted by molar-refractivity contribution is -0.169. The first kappa shape index (κ1) is 16.8. The zero-order valence-corrected chi connectivity index (χ0v) is 13.7. The van der Waals surface area contributed by atoms with Gasteiger partial charge in [0.1, 0.15) is 11.2 Å². The lowest BCUT2D eigenvalue weighted by atomic mass is 9.76. The maximum Gasteiger partial charge on any atom is 0.410 e. The van der Waals surface area contributed by atoms with Crippen molar-refractivity contribution in [1.82, 2.24) is 4.90 Å². The number of Topliss-reactive ketones (excluding diaryl/α,β-unsaturated/α-hetero) is 1. The van der Waals surface area contributed by atoms with Crippen LogP contribution in [0.5, 0.6) is 0 Å². The molecule has 0 radical (unpaired) electrons. The number of amides is 1. The molecule has 0 N–H and O–H groups in total. The molecule has 122 valence electrons. The van der Waals surface area contributed by atoms with E-state index in [1.54, 1.807) is 4.90 Å². The summed E-state index contributed by atoms with van der Waals surface area (Å²) in [5.74, 6) is 1.96.